The minimum absolute atomic E-state index is 0.106. The molecule has 0 aliphatic heterocycles. The highest BCUT2D eigenvalue weighted by atomic mass is 32.2. The standard InChI is InChI=1S/C29H32N4O4S2/c1-6-20-10-12-21(13-11-20)37-15-24-31-32-29(33(24)7-2)39-17-25(34)30-27-26(28(35)36-5)23(16-38-27)22-14-18(3)8-9-19(22)4/h8-14,16H,6-7,15,17H2,1-5H3,(H,30,34). The lowest BCUT2D eigenvalue weighted by Crippen LogP contribution is -2.16. The van der Waals surface area contributed by atoms with Crippen LogP contribution in [-0.2, 0) is 29.1 Å². The summed E-state index contributed by atoms with van der Waals surface area (Å²) in [5.74, 6) is 0.816. The van der Waals surface area contributed by atoms with E-state index < -0.39 is 5.97 Å². The summed E-state index contributed by atoms with van der Waals surface area (Å²) < 4.78 is 12.9. The summed E-state index contributed by atoms with van der Waals surface area (Å²) in [7, 11) is 1.34. The Kier molecular flexibility index (Phi) is 9.42. The van der Waals surface area contributed by atoms with E-state index in [4.69, 9.17) is 9.47 Å². The molecule has 0 saturated heterocycles. The van der Waals surface area contributed by atoms with Crippen LogP contribution >= 0.6 is 23.1 Å². The first-order valence-electron chi connectivity index (χ1n) is 12.7. The molecule has 0 radical (unpaired) electrons. The van der Waals surface area contributed by atoms with Crippen molar-refractivity contribution < 1.29 is 19.1 Å². The molecule has 1 amide bonds. The normalized spacial score (nSPS) is 10.9. The second-order valence-electron chi connectivity index (χ2n) is 8.93. The molecule has 0 aliphatic carbocycles. The monoisotopic (exact) mass is 564 g/mol. The number of carbonyl (C=O) groups excluding carboxylic acids is 2. The van der Waals surface area contributed by atoms with Crippen LogP contribution in [0.3, 0.4) is 0 Å². The predicted octanol–water partition coefficient (Wildman–Crippen LogP) is 6.30. The lowest BCUT2D eigenvalue weighted by molar-refractivity contribution is -0.113. The number of carbonyl (C=O) groups is 2. The van der Waals surface area contributed by atoms with Crippen molar-refractivity contribution >= 4 is 40.0 Å². The number of amides is 1. The van der Waals surface area contributed by atoms with Crippen molar-refractivity contribution in [3.8, 4) is 16.9 Å². The SMILES string of the molecule is CCc1ccc(OCc2nnc(SCC(=O)Nc3scc(-c4cc(C)ccc4C)c3C(=O)OC)n2CC)cc1. The van der Waals surface area contributed by atoms with Gasteiger partial charge in [-0.15, -0.1) is 21.5 Å². The highest BCUT2D eigenvalue weighted by Crippen LogP contribution is 2.38. The Morgan fingerprint density at radius 2 is 1.82 bits per heavy atom. The van der Waals surface area contributed by atoms with Gasteiger partial charge in [-0.05, 0) is 56.0 Å². The molecular weight excluding hydrogens is 532 g/mol. The quantitative estimate of drug-likeness (QED) is 0.169. The number of nitrogens with one attached hydrogen (secondary N) is 1. The fourth-order valence-corrected chi connectivity index (χ4v) is 5.88. The molecule has 0 saturated carbocycles. The van der Waals surface area contributed by atoms with Gasteiger partial charge in [0.25, 0.3) is 0 Å². The molecular formula is C29H32N4O4S2. The fourth-order valence-electron chi connectivity index (χ4n) is 4.09. The Bertz CT molecular complexity index is 1460. The second-order valence-corrected chi connectivity index (χ2v) is 10.8. The third-order valence-electron chi connectivity index (χ3n) is 6.26. The van der Waals surface area contributed by atoms with Gasteiger partial charge in [-0.3, -0.25) is 4.79 Å². The number of nitrogens with zero attached hydrogens (tertiary/aromatic N) is 3. The minimum Gasteiger partial charge on any atom is -0.486 e. The summed E-state index contributed by atoms with van der Waals surface area (Å²) >= 11 is 2.59. The first kappa shape index (κ1) is 28.4. The Labute approximate surface area is 236 Å². The summed E-state index contributed by atoms with van der Waals surface area (Å²) in [6, 6.07) is 14.1. The first-order valence-corrected chi connectivity index (χ1v) is 14.5. The number of ether oxygens (including phenoxy) is 2. The highest BCUT2D eigenvalue weighted by Gasteiger charge is 2.24. The lowest BCUT2D eigenvalue weighted by atomic mass is 9.97. The highest BCUT2D eigenvalue weighted by molar-refractivity contribution is 7.99. The van der Waals surface area contributed by atoms with Crippen molar-refractivity contribution in [2.24, 2.45) is 0 Å². The largest absolute Gasteiger partial charge is 0.486 e. The lowest BCUT2D eigenvalue weighted by Gasteiger charge is -2.11. The van der Waals surface area contributed by atoms with Crippen molar-refractivity contribution in [1.82, 2.24) is 14.8 Å². The first-order chi connectivity index (χ1) is 18.8. The van der Waals surface area contributed by atoms with Gasteiger partial charge in [0.1, 0.15) is 22.9 Å². The molecule has 10 heteroatoms. The van der Waals surface area contributed by atoms with Crippen LogP contribution in [0.15, 0.2) is 53.0 Å². The minimum atomic E-state index is -0.491. The second kappa shape index (κ2) is 12.9. The van der Waals surface area contributed by atoms with Gasteiger partial charge in [-0.25, -0.2) is 4.79 Å². The zero-order valence-electron chi connectivity index (χ0n) is 22.7. The van der Waals surface area contributed by atoms with Crippen LogP contribution in [0, 0.1) is 13.8 Å². The number of benzene rings is 2. The van der Waals surface area contributed by atoms with Gasteiger partial charge in [0, 0.05) is 17.5 Å². The summed E-state index contributed by atoms with van der Waals surface area (Å²) in [4.78, 5) is 25.6. The number of thioether (sulfide) groups is 1. The van der Waals surface area contributed by atoms with Crippen LogP contribution in [0.5, 0.6) is 5.75 Å². The smallest absolute Gasteiger partial charge is 0.341 e. The van der Waals surface area contributed by atoms with Gasteiger partial charge in [0.2, 0.25) is 5.91 Å². The van der Waals surface area contributed by atoms with Crippen LogP contribution in [0.4, 0.5) is 5.00 Å². The predicted molar refractivity (Wildman–Crippen MR) is 156 cm³/mol. The summed E-state index contributed by atoms with van der Waals surface area (Å²) in [5.41, 5.74) is 5.41. The number of aryl methyl sites for hydroxylation is 3. The Morgan fingerprint density at radius 1 is 1.05 bits per heavy atom. The summed E-state index contributed by atoms with van der Waals surface area (Å²) in [6.07, 6.45) is 0.975. The van der Waals surface area contributed by atoms with Gasteiger partial charge in [-0.1, -0.05) is 54.6 Å². The molecule has 0 fully saturated rings. The molecule has 0 aliphatic rings. The zero-order chi connectivity index (χ0) is 27.9. The topological polar surface area (TPSA) is 95.3 Å². The number of methoxy groups -OCH3 is 1. The maximum Gasteiger partial charge on any atom is 0.341 e. The molecule has 8 nitrogen and oxygen atoms in total. The molecule has 204 valence electrons. The Balaban J connectivity index is 1.43. The number of hydrogen-bond acceptors (Lipinski definition) is 8. The van der Waals surface area contributed by atoms with Crippen molar-refractivity contribution in [2.45, 2.75) is 52.4 Å². The number of rotatable bonds is 11. The van der Waals surface area contributed by atoms with Gasteiger partial charge in [-0.2, -0.15) is 0 Å². The number of thiophene rings is 1. The van der Waals surface area contributed by atoms with E-state index in [9.17, 15) is 9.59 Å². The van der Waals surface area contributed by atoms with E-state index in [1.54, 1.807) is 0 Å². The maximum atomic E-state index is 12.9. The Morgan fingerprint density at radius 3 is 2.51 bits per heavy atom. The molecule has 1 N–H and O–H groups in total. The Hall–Kier alpha value is -3.63. The molecule has 2 aromatic heterocycles. The van der Waals surface area contributed by atoms with E-state index in [1.807, 2.05) is 73.2 Å². The average Bonchev–Trinajstić information content (AvgIpc) is 3.55. The van der Waals surface area contributed by atoms with Crippen LogP contribution in [0.1, 0.15) is 46.7 Å². The summed E-state index contributed by atoms with van der Waals surface area (Å²) in [6.45, 7) is 9.02. The van der Waals surface area contributed by atoms with Gasteiger partial charge in [0.15, 0.2) is 11.0 Å². The van der Waals surface area contributed by atoms with Crippen LogP contribution in [0.25, 0.3) is 11.1 Å². The van der Waals surface area contributed by atoms with Gasteiger partial charge >= 0.3 is 5.97 Å². The number of esters is 1. The summed E-state index contributed by atoms with van der Waals surface area (Å²) in [5, 5.41) is 14.4. The van der Waals surface area contributed by atoms with Crippen molar-refractivity contribution in [2.75, 3.05) is 18.2 Å². The number of hydrogen-bond donors (Lipinski definition) is 1. The van der Waals surface area contributed by atoms with E-state index in [0.717, 1.165) is 34.4 Å². The van der Waals surface area contributed by atoms with Crippen molar-refractivity contribution in [3.63, 3.8) is 0 Å². The van der Waals surface area contributed by atoms with E-state index in [2.05, 4.69) is 22.4 Å². The van der Waals surface area contributed by atoms with Crippen molar-refractivity contribution in [1.29, 1.82) is 0 Å². The van der Waals surface area contributed by atoms with E-state index in [-0.39, 0.29) is 18.3 Å². The molecule has 39 heavy (non-hydrogen) atoms. The number of anilines is 1. The van der Waals surface area contributed by atoms with Gasteiger partial charge < -0.3 is 19.4 Å². The molecule has 2 aromatic carbocycles. The van der Waals surface area contributed by atoms with E-state index in [1.165, 1.54) is 35.8 Å². The molecule has 4 aromatic rings. The molecule has 0 atom stereocenters. The maximum absolute atomic E-state index is 12.9. The zero-order valence-corrected chi connectivity index (χ0v) is 24.4. The van der Waals surface area contributed by atoms with E-state index in [0.29, 0.717) is 28.1 Å². The molecule has 0 unspecified atom stereocenters. The average molecular weight is 565 g/mol. The van der Waals surface area contributed by atoms with Crippen molar-refractivity contribution in [3.05, 3.63) is 75.9 Å². The van der Waals surface area contributed by atoms with Crippen LogP contribution in [-0.4, -0.2) is 39.5 Å². The third-order valence-corrected chi connectivity index (χ3v) is 8.12. The van der Waals surface area contributed by atoms with Crippen LogP contribution < -0.4 is 10.1 Å². The third kappa shape index (κ3) is 6.69. The molecule has 0 spiro atoms. The molecule has 4 rings (SSSR count). The molecule has 0 bridgehead atoms. The van der Waals surface area contributed by atoms with E-state index >= 15 is 0 Å². The van der Waals surface area contributed by atoms with Gasteiger partial charge in [0.05, 0.1) is 12.9 Å². The number of aromatic nitrogens is 3. The fraction of sp³-hybridized carbons (Fsp3) is 0.310. The molecule has 2 heterocycles. The van der Waals surface area contributed by atoms with Crippen LogP contribution in [0.2, 0.25) is 0 Å².